The van der Waals surface area contributed by atoms with Gasteiger partial charge in [0.25, 0.3) is 0 Å². The van der Waals surface area contributed by atoms with E-state index in [1.807, 2.05) is 25.4 Å². The van der Waals surface area contributed by atoms with Gasteiger partial charge in [0.1, 0.15) is 11.3 Å². The monoisotopic (exact) mass is 339 g/mol. The highest BCUT2D eigenvalue weighted by Gasteiger charge is 2.16. The summed E-state index contributed by atoms with van der Waals surface area (Å²) in [5, 5.41) is 1.16. The van der Waals surface area contributed by atoms with Crippen LogP contribution in [0, 0.1) is 13.8 Å². The lowest BCUT2D eigenvalue weighted by Crippen LogP contribution is -1.92. The fourth-order valence-corrected chi connectivity index (χ4v) is 3.41. The molecule has 0 spiro atoms. The average Bonchev–Trinajstić information content (AvgIpc) is 3.22. The summed E-state index contributed by atoms with van der Waals surface area (Å²) in [6.07, 6.45) is 8.87. The normalized spacial score (nSPS) is 13.3. The number of hydrogen-bond donors (Lipinski definition) is 0. The first-order valence-electron chi connectivity index (χ1n) is 8.84. The average molecular weight is 339 g/mol. The molecule has 1 aliphatic rings. The van der Waals surface area contributed by atoms with Gasteiger partial charge in [-0.1, -0.05) is 48.0 Å². The number of fused-ring (bicyclic) bond motifs is 3. The van der Waals surface area contributed by atoms with Crippen LogP contribution in [0.25, 0.3) is 28.7 Å². The highest BCUT2D eigenvalue weighted by Crippen LogP contribution is 2.34. The molecule has 2 heteroatoms. The predicted molar refractivity (Wildman–Crippen MR) is 111 cm³/mol. The van der Waals surface area contributed by atoms with Gasteiger partial charge in [-0.25, -0.2) is 0 Å². The molecule has 2 aromatic carbocycles. The van der Waals surface area contributed by atoms with Gasteiger partial charge < -0.3 is 4.42 Å². The van der Waals surface area contributed by atoms with Crippen LogP contribution in [0.4, 0.5) is 0 Å². The molecule has 0 saturated carbocycles. The van der Waals surface area contributed by atoms with Crippen molar-refractivity contribution in [3.63, 3.8) is 0 Å². The van der Waals surface area contributed by atoms with Crippen molar-refractivity contribution in [2.75, 3.05) is 7.05 Å². The maximum absolute atomic E-state index is 6.12. The summed E-state index contributed by atoms with van der Waals surface area (Å²) in [7, 11) is 1.81. The Balaban J connectivity index is 1.76. The molecule has 0 atom stereocenters. The SMILES string of the molecule is CN=C/C(=C\Cc1c(C)ccc2c3c(oc12)C=C=C3)c1ccc(C)cc1. The number of aryl methyl sites for hydroxylation is 2. The summed E-state index contributed by atoms with van der Waals surface area (Å²) in [5.41, 5.74) is 11.3. The lowest BCUT2D eigenvalue weighted by atomic mass is 9.98. The Morgan fingerprint density at radius 2 is 1.88 bits per heavy atom. The molecule has 4 rings (SSSR count). The molecule has 0 fully saturated rings. The van der Waals surface area contributed by atoms with Gasteiger partial charge in [0.2, 0.25) is 0 Å². The van der Waals surface area contributed by atoms with Crippen molar-refractivity contribution in [2.45, 2.75) is 20.3 Å². The van der Waals surface area contributed by atoms with Gasteiger partial charge in [-0.3, -0.25) is 4.99 Å². The largest absolute Gasteiger partial charge is 0.455 e. The van der Waals surface area contributed by atoms with E-state index in [0.29, 0.717) is 0 Å². The summed E-state index contributed by atoms with van der Waals surface area (Å²) in [5.74, 6) is 0.907. The molecular formula is C24H21NO. The van der Waals surface area contributed by atoms with Crippen LogP contribution >= 0.6 is 0 Å². The molecular weight excluding hydrogens is 318 g/mol. The van der Waals surface area contributed by atoms with Crippen molar-refractivity contribution in [1.29, 1.82) is 0 Å². The van der Waals surface area contributed by atoms with Gasteiger partial charge in [0, 0.05) is 35.9 Å². The summed E-state index contributed by atoms with van der Waals surface area (Å²) < 4.78 is 6.12. The molecule has 3 aromatic rings. The highest BCUT2D eigenvalue weighted by molar-refractivity contribution is 6.09. The third-order valence-electron chi connectivity index (χ3n) is 4.88. The van der Waals surface area contributed by atoms with Crippen molar-refractivity contribution in [3.8, 4) is 0 Å². The van der Waals surface area contributed by atoms with Crippen LogP contribution < -0.4 is 0 Å². The topological polar surface area (TPSA) is 25.5 Å². The van der Waals surface area contributed by atoms with E-state index in [-0.39, 0.29) is 0 Å². The molecule has 1 aliphatic carbocycles. The molecule has 0 saturated heterocycles. The van der Waals surface area contributed by atoms with Crippen LogP contribution in [0.1, 0.15) is 33.6 Å². The van der Waals surface area contributed by atoms with Gasteiger partial charge in [-0.15, -0.1) is 5.73 Å². The molecule has 0 unspecified atom stereocenters. The van der Waals surface area contributed by atoms with E-state index in [1.165, 1.54) is 22.3 Å². The minimum atomic E-state index is 0.804. The number of furan rings is 1. The zero-order valence-corrected chi connectivity index (χ0v) is 15.3. The molecule has 2 nitrogen and oxygen atoms in total. The molecule has 128 valence electrons. The minimum absolute atomic E-state index is 0.804. The summed E-state index contributed by atoms with van der Waals surface area (Å²) in [4.78, 5) is 4.24. The van der Waals surface area contributed by atoms with Gasteiger partial charge in [0.15, 0.2) is 0 Å². The molecule has 0 N–H and O–H groups in total. The first-order chi connectivity index (χ1) is 12.7. The Bertz CT molecular complexity index is 1100. The van der Waals surface area contributed by atoms with Crippen molar-refractivity contribution in [2.24, 2.45) is 4.99 Å². The third kappa shape index (κ3) is 2.85. The van der Waals surface area contributed by atoms with Crippen LogP contribution in [0.2, 0.25) is 0 Å². The number of hydrogen-bond acceptors (Lipinski definition) is 2. The predicted octanol–water partition coefficient (Wildman–Crippen LogP) is 6.02. The maximum atomic E-state index is 6.12. The summed E-state index contributed by atoms with van der Waals surface area (Å²) in [6.45, 7) is 4.24. The Labute approximate surface area is 153 Å². The second kappa shape index (κ2) is 6.67. The maximum Gasteiger partial charge on any atom is 0.143 e. The fourth-order valence-electron chi connectivity index (χ4n) is 3.41. The van der Waals surface area contributed by atoms with Crippen molar-refractivity contribution >= 4 is 34.9 Å². The van der Waals surface area contributed by atoms with Crippen molar-refractivity contribution in [1.82, 2.24) is 0 Å². The Hall–Kier alpha value is -3.09. The van der Waals surface area contributed by atoms with Gasteiger partial charge >= 0.3 is 0 Å². The van der Waals surface area contributed by atoms with Crippen LogP contribution in [0.15, 0.2) is 57.6 Å². The van der Waals surface area contributed by atoms with E-state index in [4.69, 9.17) is 4.42 Å². The Morgan fingerprint density at radius 3 is 2.65 bits per heavy atom. The summed E-state index contributed by atoms with van der Waals surface area (Å²) in [6, 6.07) is 12.9. The number of rotatable bonds is 4. The van der Waals surface area contributed by atoms with E-state index in [2.05, 4.69) is 67.0 Å². The van der Waals surface area contributed by atoms with E-state index < -0.39 is 0 Å². The minimum Gasteiger partial charge on any atom is -0.455 e. The molecule has 1 heterocycles. The fraction of sp³-hybridized carbons (Fsp3) is 0.167. The second-order valence-electron chi connectivity index (χ2n) is 6.69. The van der Waals surface area contributed by atoms with E-state index >= 15 is 0 Å². The van der Waals surface area contributed by atoms with Crippen molar-refractivity contribution in [3.05, 3.63) is 81.8 Å². The van der Waals surface area contributed by atoms with E-state index in [0.717, 1.165) is 34.3 Å². The lowest BCUT2D eigenvalue weighted by Gasteiger charge is -2.07. The molecule has 0 amide bonds. The standard InChI is InChI=1S/C24H21NO/c1-16-7-10-18(11-8-16)19(15-25-3)12-14-20-17(2)9-13-22-21-5-4-6-23(21)26-24(20)22/h5-13,15H,14H2,1-3H3/b19-12+,25-15?. The first kappa shape index (κ1) is 16.4. The summed E-state index contributed by atoms with van der Waals surface area (Å²) >= 11 is 0. The molecule has 1 aromatic heterocycles. The van der Waals surface area contributed by atoms with Gasteiger partial charge in [0.05, 0.1) is 0 Å². The lowest BCUT2D eigenvalue weighted by molar-refractivity contribution is 0.600. The Morgan fingerprint density at radius 1 is 1.08 bits per heavy atom. The van der Waals surface area contributed by atoms with E-state index in [9.17, 15) is 0 Å². The molecule has 0 radical (unpaired) electrons. The van der Waals surface area contributed by atoms with Gasteiger partial charge in [-0.05, 0) is 43.0 Å². The van der Waals surface area contributed by atoms with Crippen molar-refractivity contribution < 1.29 is 4.42 Å². The molecule has 26 heavy (non-hydrogen) atoms. The van der Waals surface area contributed by atoms with Crippen LogP contribution in [-0.4, -0.2) is 13.3 Å². The Kier molecular flexibility index (Phi) is 4.20. The van der Waals surface area contributed by atoms with E-state index in [1.54, 1.807) is 0 Å². The highest BCUT2D eigenvalue weighted by atomic mass is 16.3. The molecule has 0 aliphatic heterocycles. The zero-order valence-electron chi connectivity index (χ0n) is 15.3. The van der Waals surface area contributed by atoms with Gasteiger partial charge in [-0.2, -0.15) is 0 Å². The first-order valence-corrected chi connectivity index (χ1v) is 8.84. The third-order valence-corrected chi connectivity index (χ3v) is 4.88. The zero-order chi connectivity index (χ0) is 18.1. The van der Waals surface area contributed by atoms with Crippen LogP contribution in [-0.2, 0) is 6.42 Å². The van der Waals surface area contributed by atoms with Crippen LogP contribution in [0.5, 0.6) is 0 Å². The number of aliphatic imine (C=N–C) groups is 1. The number of benzene rings is 2. The molecule has 0 bridgehead atoms. The smallest absolute Gasteiger partial charge is 0.143 e. The van der Waals surface area contributed by atoms with Crippen LogP contribution in [0.3, 0.4) is 0 Å². The number of nitrogens with zero attached hydrogens (tertiary/aromatic N) is 1. The quantitative estimate of drug-likeness (QED) is 0.330. The number of allylic oxidation sites excluding steroid dienone is 2. The second-order valence-corrected chi connectivity index (χ2v) is 6.69.